The number of carbonyl (C=O) groups excluding carboxylic acids is 1. The first kappa shape index (κ1) is 15.7. The van der Waals surface area contributed by atoms with Gasteiger partial charge in [0.15, 0.2) is 0 Å². The lowest BCUT2D eigenvalue weighted by Gasteiger charge is -2.30. The molecule has 3 N–H and O–H groups in total. The predicted octanol–water partition coefficient (Wildman–Crippen LogP) is 2.47. The van der Waals surface area contributed by atoms with Gasteiger partial charge in [0.1, 0.15) is 6.61 Å². The van der Waals surface area contributed by atoms with Crippen LogP contribution in [0.2, 0.25) is 0 Å². The van der Waals surface area contributed by atoms with E-state index in [4.69, 9.17) is 10.5 Å². The molecule has 1 aromatic carbocycles. The number of anilines is 1. The molecular weight excluding hydrogens is 240 g/mol. The van der Waals surface area contributed by atoms with Crippen LogP contribution in [0, 0.1) is 6.92 Å². The molecule has 1 rings (SSSR count). The Morgan fingerprint density at radius 2 is 1.95 bits per heavy atom. The number of hydrogen-bond donors (Lipinski definition) is 2. The summed E-state index contributed by atoms with van der Waals surface area (Å²) in [6.07, 6.45) is 1.61. The molecule has 0 saturated carbocycles. The summed E-state index contributed by atoms with van der Waals surface area (Å²) in [5.74, 6) is -0.144. The number of para-hydroxylation sites is 1. The third-order valence-corrected chi connectivity index (χ3v) is 3.59. The van der Waals surface area contributed by atoms with Crippen LogP contribution in [0.5, 0.6) is 0 Å². The van der Waals surface area contributed by atoms with Crippen molar-refractivity contribution in [1.82, 2.24) is 0 Å². The average Bonchev–Trinajstić information content (AvgIpc) is 2.44. The summed E-state index contributed by atoms with van der Waals surface area (Å²) in [5.41, 5.74) is 7.21. The minimum atomic E-state index is -0.386. The lowest BCUT2D eigenvalue weighted by atomic mass is 9.97. The molecule has 0 atom stereocenters. The fourth-order valence-corrected chi connectivity index (χ4v) is 1.92. The van der Waals surface area contributed by atoms with Crippen LogP contribution < -0.4 is 11.1 Å². The minimum Gasteiger partial charge on any atom is -0.364 e. The highest BCUT2D eigenvalue weighted by Crippen LogP contribution is 2.19. The molecule has 0 radical (unpaired) electrons. The molecular formula is C15H24N2O2. The maximum absolute atomic E-state index is 11.9. The second kappa shape index (κ2) is 7.26. The van der Waals surface area contributed by atoms with Crippen molar-refractivity contribution < 1.29 is 9.53 Å². The van der Waals surface area contributed by atoms with E-state index in [1.807, 2.05) is 45.0 Å². The van der Waals surface area contributed by atoms with Crippen molar-refractivity contribution in [3.8, 4) is 0 Å². The minimum absolute atomic E-state index is 0.0349. The summed E-state index contributed by atoms with van der Waals surface area (Å²) in [6.45, 7) is 6.47. The molecule has 0 aromatic heterocycles. The zero-order chi connectivity index (χ0) is 14.3. The Labute approximate surface area is 115 Å². The summed E-state index contributed by atoms with van der Waals surface area (Å²) in [7, 11) is 0. The number of hydrogen-bond acceptors (Lipinski definition) is 3. The molecule has 19 heavy (non-hydrogen) atoms. The smallest absolute Gasteiger partial charge is 0.250 e. The lowest BCUT2D eigenvalue weighted by Crippen LogP contribution is -2.41. The largest absolute Gasteiger partial charge is 0.364 e. The summed E-state index contributed by atoms with van der Waals surface area (Å²) in [5, 5.41) is 2.85. The molecule has 0 aliphatic heterocycles. The fourth-order valence-electron chi connectivity index (χ4n) is 1.92. The van der Waals surface area contributed by atoms with Crippen molar-refractivity contribution in [1.29, 1.82) is 0 Å². The molecule has 1 aromatic rings. The standard InChI is InChI=1S/C15H24N2O2/c1-4-15(5-2,11-16)19-10-14(18)17-13-9-7-6-8-12(13)3/h6-9H,4-5,10-11,16H2,1-3H3,(H,17,18). The van der Waals surface area contributed by atoms with Gasteiger partial charge < -0.3 is 15.8 Å². The second-order valence-electron chi connectivity index (χ2n) is 4.75. The molecule has 1 amide bonds. The molecule has 0 heterocycles. The molecule has 0 saturated heterocycles. The van der Waals surface area contributed by atoms with Gasteiger partial charge in [-0.05, 0) is 31.4 Å². The summed E-state index contributed by atoms with van der Waals surface area (Å²) in [4.78, 5) is 11.9. The van der Waals surface area contributed by atoms with Gasteiger partial charge in [-0.25, -0.2) is 0 Å². The quantitative estimate of drug-likeness (QED) is 0.795. The van der Waals surface area contributed by atoms with Gasteiger partial charge in [-0.2, -0.15) is 0 Å². The first-order valence-electron chi connectivity index (χ1n) is 6.76. The highest BCUT2D eigenvalue weighted by Gasteiger charge is 2.26. The zero-order valence-corrected chi connectivity index (χ0v) is 12.0. The van der Waals surface area contributed by atoms with Gasteiger partial charge in [0.05, 0.1) is 5.60 Å². The molecule has 4 nitrogen and oxygen atoms in total. The van der Waals surface area contributed by atoms with Gasteiger partial charge in [0, 0.05) is 12.2 Å². The van der Waals surface area contributed by atoms with Gasteiger partial charge >= 0.3 is 0 Å². The molecule has 106 valence electrons. The van der Waals surface area contributed by atoms with Crippen LogP contribution in [0.25, 0.3) is 0 Å². The van der Waals surface area contributed by atoms with Crippen molar-refractivity contribution in [3.63, 3.8) is 0 Å². The number of nitrogens with one attached hydrogen (secondary N) is 1. The van der Waals surface area contributed by atoms with Crippen LogP contribution in [-0.2, 0) is 9.53 Å². The normalized spacial score (nSPS) is 11.4. The van der Waals surface area contributed by atoms with E-state index >= 15 is 0 Å². The van der Waals surface area contributed by atoms with Gasteiger partial charge in [-0.1, -0.05) is 32.0 Å². The van der Waals surface area contributed by atoms with Crippen molar-refractivity contribution in [2.75, 3.05) is 18.5 Å². The molecule has 0 aliphatic rings. The van der Waals surface area contributed by atoms with Crippen LogP contribution in [0.3, 0.4) is 0 Å². The van der Waals surface area contributed by atoms with Gasteiger partial charge in [0.2, 0.25) is 5.91 Å². The number of aryl methyl sites for hydroxylation is 1. The highest BCUT2D eigenvalue weighted by molar-refractivity contribution is 5.92. The van der Waals surface area contributed by atoms with Gasteiger partial charge in [-0.15, -0.1) is 0 Å². The topological polar surface area (TPSA) is 64.3 Å². The Kier molecular flexibility index (Phi) is 5.99. The summed E-state index contributed by atoms with van der Waals surface area (Å²) < 4.78 is 5.71. The van der Waals surface area contributed by atoms with E-state index in [9.17, 15) is 4.79 Å². The molecule has 0 aliphatic carbocycles. The zero-order valence-electron chi connectivity index (χ0n) is 12.0. The van der Waals surface area contributed by atoms with Gasteiger partial charge in [0.25, 0.3) is 0 Å². The van der Waals surface area contributed by atoms with Crippen molar-refractivity contribution in [3.05, 3.63) is 29.8 Å². The SMILES string of the molecule is CCC(CC)(CN)OCC(=O)Nc1ccccc1C. The third kappa shape index (κ3) is 4.33. The van der Waals surface area contributed by atoms with Gasteiger partial charge in [-0.3, -0.25) is 4.79 Å². The van der Waals surface area contributed by atoms with E-state index in [0.717, 1.165) is 24.1 Å². The first-order chi connectivity index (χ1) is 9.06. The molecule has 0 fully saturated rings. The van der Waals surface area contributed by atoms with E-state index in [-0.39, 0.29) is 18.1 Å². The molecule has 0 unspecified atom stereocenters. The predicted molar refractivity (Wildman–Crippen MR) is 78.1 cm³/mol. The number of benzene rings is 1. The average molecular weight is 264 g/mol. The van der Waals surface area contributed by atoms with E-state index in [1.54, 1.807) is 0 Å². The number of nitrogens with two attached hydrogens (primary N) is 1. The Morgan fingerprint density at radius 3 is 2.47 bits per heavy atom. The van der Waals surface area contributed by atoms with E-state index in [0.29, 0.717) is 6.54 Å². The van der Waals surface area contributed by atoms with Crippen LogP contribution in [0.15, 0.2) is 24.3 Å². The molecule has 0 spiro atoms. The Hall–Kier alpha value is -1.39. The molecule has 0 bridgehead atoms. The Morgan fingerprint density at radius 1 is 1.32 bits per heavy atom. The second-order valence-corrected chi connectivity index (χ2v) is 4.75. The maximum atomic E-state index is 11.9. The number of ether oxygens (including phenoxy) is 1. The summed E-state index contributed by atoms with van der Waals surface area (Å²) in [6, 6.07) is 7.67. The van der Waals surface area contributed by atoms with Crippen LogP contribution in [0.4, 0.5) is 5.69 Å². The van der Waals surface area contributed by atoms with Crippen molar-refractivity contribution >= 4 is 11.6 Å². The Bertz CT molecular complexity index is 406. The van der Waals surface area contributed by atoms with Crippen LogP contribution in [-0.4, -0.2) is 24.7 Å². The molecule has 4 heteroatoms. The van der Waals surface area contributed by atoms with E-state index in [1.165, 1.54) is 0 Å². The van der Waals surface area contributed by atoms with Crippen molar-refractivity contribution in [2.24, 2.45) is 5.73 Å². The van der Waals surface area contributed by atoms with Crippen molar-refractivity contribution in [2.45, 2.75) is 39.2 Å². The Balaban J connectivity index is 2.55. The maximum Gasteiger partial charge on any atom is 0.250 e. The monoisotopic (exact) mass is 264 g/mol. The van der Waals surface area contributed by atoms with E-state index in [2.05, 4.69) is 5.32 Å². The van der Waals surface area contributed by atoms with Crippen LogP contribution in [0.1, 0.15) is 32.3 Å². The van der Waals surface area contributed by atoms with Crippen LogP contribution >= 0.6 is 0 Å². The number of amides is 1. The highest BCUT2D eigenvalue weighted by atomic mass is 16.5. The summed E-state index contributed by atoms with van der Waals surface area (Å²) >= 11 is 0. The third-order valence-electron chi connectivity index (χ3n) is 3.59. The number of rotatable bonds is 7. The first-order valence-corrected chi connectivity index (χ1v) is 6.76. The number of carbonyl (C=O) groups is 1. The van der Waals surface area contributed by atoms with E-state index < -0.39 is 0 Å². The fraction of sp³-hybridized carbons (Fsp3) is 0.533. The lowest BCUT2D eigenvalue weighted by molar-refractivity contribution is -0.128.